The molecular formula is C41H44N4O5. The summed E-state index contributed by atoms with van der Waals surface area (Å²) < 4.78 is 5.73. The van der Waals surface area contributed by atoms with Gasteiger partial charge in [0.05, 0.1) is 5.39 Å². The molecule has 258 valence electrons. The van der Waals surface area contributed by atoms with Gasteiger partial charge in [0.2, 0.25) is 11.8 Å². The molecule has 9 nitrogen and oxygen atoms in total. The van der Waals surface area contributed by atoms with Gasteiger partial charge in [-0.2, -0.15) is 0 Å². The SMILES string of the molecule is Cc1cc2oc(C(=O)NC(C)C(=O)N3CCN(c4ccccc4CN4CCCC4=O)CC3)cc(=O)c2cc1C.Cc1ccc2ccccc2c1. The third kappa shape index (κ3) is 7.72. The summed E-state index contributed by atoms with van der Waals surface area (Å²) in [5, 5.41) is 5.76. The average molecular weight is 673 g/mol. The van der Waals surface area contributed by atoms with E-state index in [0.717, 1.165) is 35.3 Å². The second kappa shape index (κ2) is 15.0. The van der Waals surface area contributed by atoms with E-state index in [2.05, 4.69) is 71.7 Å². The van der Waals surface area contributed by atoms with Crippen LogP contribution in [0.4, 0.5) is 5.69 Å². The van der Waals surface area contributed by atoms with E-state index in [9.17, 15) is 19.2 Å². The highest BCUT2D eigenvalue weighted by atomic mass is 16.3. The first-order valence-electron chi connectivity index (χ1n) is 17.3. The molecule has 7 rings (SSSR count). The number of carbonyl (C=O) groups excluding carboxylic acids is 3. The first kappa shape index (κ1) is 34.4. The summed E-state index contributed by atoms with van der Waals surface area (Å²) in [6.07, 6.45) is 1.52. The zero-order valence-corrected chi connectivity index (χ0v) is 29.2. The minimum atomic E-state index is -0.779. The van der Waals surface area contributed by atoms with E-state index in [-0.39, 0.29) is 23.0 Å². The number of para-hydroxylation sites is 1. The van der Waals surface area contributed by atoms with E-state index in [4.69, 9.17) is 4.42 Å². The maximum absolute atomic E-state index is 13.2. The molecule has 0 spiro atoms. The highest BCUT2D eigenvalue weighted by molar-refractivity contribution is 5.96. The number of hydrogen-bond acceptors (Lipinski definition) is 6. The van der Waals surface area contributed by atoms with E-state index in [0.29, 0.717) is 50.1 Å². The fourth-order valence-electron chi connectivity index (χ4n) is 6.63. The van der Waals surface area contributed by atoms with Crippen LogP contribution in [0.25, 0.3) is 21.7 Å². The third-order valence-corrected chi connectivity index (χ3v) is 9.65. The van der Waals surface area contributed by atoms with Crippen LogP contribution in [0.2, 0.25) is 0 Å². The number of likely N-dealkylation sites (tertiary alicyclic amines) is 1. The van der Waals surface area contributed by atoms with Crippen molar-refractivity contribution in [1.82, 2.24) is 15.1 Å². The fraction of sp³-hybridized carbons (Fsp3) is 0.317. The van der Waals surface area contributed by atoms with E-state index in [1.807, 2.05) is 30.9 Å². The maximum Gasteiger partial charge on any atom is 0.287 e. The Bertz CT molecular complexity index is 2110. The van der Waals surface area contributed by atoms with Crippen LogP contribution >= 0.6 is 0 Å². The zero-order valence-electron chi connectivity index (χ0n) is 29.2. The summed E-state index contributed by atoms with van der Waals surface area (Å²) >= 11 is 0. The Hall–Kier alpha value is -5.44. The molecule has 3 heterocycles. The Morgan fingerprint density at radius 2 is 1.50 bits per heavy atom. The Morgan fingerprint density at radius 1 is 0.800 bits per heavy atom. The van der Waals surface area contributed by atoms with Gasteiger partial charge in [-0.15, -0.1) is 0 Å². The summed E-state index contributed by atoms with van der Waals surface area (Å²) in [6.45, 7) is 11.3. The lowest BCUT2D eigenvalue weighted by atomic mass is 10.1. The third-order valence-electron chi connectivity index (χ3n) is 9.65. The van der Waals surface area contributed by atoms with Crippen molar-refractivity contribution in [2.75, 3.05) is 37.6 Å². The topological polar surface area (TPSA) is 103 Å². The Balaban J connectivity index is 0.000000331. The van der Waals surface area contributed by atoms with Gasteiger partial charge in [-0.1, -0.05) is 66.2 Å². The lowest BCUT2D eigenvalue weighted by Crippen LogP contribution is -2.54. The lowest BCUT2D eigenvalue weighted by Gasteiger charge is -2.38. The number of anilines is 1. The first-order valence-corrected chi connectivity index (χ1v) is 17.3. The summed E-state index contributed by atoms with van der Waals surface area (Å²) in [5.41, 5.74) is 5.49. The van der Waals surface area contributed by atoms with Gasteiger partial charge in [0.15, 0.2) is 11.2 Å². The molecule has 50 heavy (non-hydrogen) atoms. The lowest BCUT2D eigenvalue weighted by molar-refractivity contribution is -0.133. The van der Waals surface area contributed by atoms with Crippen molar-refractivity contribution in [3.05, 3.63) is 123 Å². The molecule has 5 aromatic rings. The molecule has 1 atom stereocenters. The Kier molecular flexibility index (Phi) is 10.3. The summed E-state index contributed by atoms with van der Waals surface area (Å²) in [5.74, 6) is -0.705. The first-order chi connectivity index (χ1) is 24.1. The van der Waals surface area contributed by atoms with Crippen molar-refractivity contribution in [3.63, 3.8) is 0 Å². The largest absolute Gasteiger partial charge is 0.451 e. The molecule has 9 heteroatoms. The molecule has 2 saturated heterocycles. The number of fused-ring (bicyclic) bond motifs is 2. The summed E-state index contributed by atoms with van der Waals surface area (Å²) in [6, 6.07) is 26.9. The highest BCUT2D eigenvalue weighted by Crippen LogP contribution is 2.25. The van der Waals surface area contributed by atoms with Gasteiger partial charge >= 0.3 is 0 Å². The Labute approximate surface area is 292 Å². The number of nitrogens with one attached hydrogen (secondary N) is 1. The van der Waals surface area contributed by atoms with Gasteiger partial charge in [-0.3, -0.25) is 19.2 Å². The van der Waals surface area contributed by atoms with Crippen LogP contribution in [0.1, 0.15) is 52.6 Å². The summed E-state index contributed by atoms with van der Waals surface area (Å²) in [4.78, 5) is 56.6. The molecule has 0 aliphatic carbocycles. The van der Waals surface area contributed by atoms with E-state index >= 15 is 0 Å². The van der Waals surface area contributed by atoms with Gasteiger partial charge < -0.3 is 24.4 Å². The monoisotopic (exact) mass is 672 g/mol. The molecule has 0 saturated carbocycles. The quantitative estimate of drug-likeness (QED) is 0.232. The normalized spacial score (nSPS) is 15.2. The number of nitrogens with zero attached hydrogens (tertiary/aromatic N) is 3. The number of carbonyl (C=O) groups is 3. The van der Waals surface area contributed by atoms with Gasteiger partial charge in [0.1, 0.15) is 11.6 Å². The molecule has 2 aliphatic heterocycles. The van der Waals surface area contributed by atoms with Crippen LogP contribution in [0.3, 0.4) is 0 Å². The van der Waals surface area contributed by atoms with Gasteiger partial charge in [-0.05, 0) is 79.8 Å². The highest BCUT2D eigenvalue weighted by Gasteiger charge is 2.28. The molecule has 4 aromatic carbocycles. The van der Waals surface area contributed by atoms with Crippen molar-refractivity contribution < 1.29 is 18.8 Å². The molecule has 1 unspecified atom stereocenters. The second-order valence-corrected chi connectivity index (χ2v) is 13.3. The number of rotatable bonds is 6. The van der Waals surface area contributed by atoms with E-state index < -0.39 is 11.9 Å². The predicted molar refractivity (Wildman–Crippen MR) is 197 cm³/mol. The average Bonchev–Trinajstić information content (AvgIpc) is 3.52. The van der Waals surface area contributed by atoms with Crippen LogP contribution in [-0.4, -0.2) is 66.3 Å². The number of hydrogen-bond donors (Lipinski definition) is 1. The molecular weight excluding hydrogens is 628 g/mol. The van der Waals surface area contributed by atoms with E-state index in [1.54, 1.807) is 24.0 Å². The Morgan fingerprint density at radius 3 is 2.24 bits per heavy atom. The van der Waals surface area contributed by atoms with Crippen LogP contribution < -0.4 is 15.6 Å². The molecule has 0 bridgehead atoms. The number of piperazine rings is 1. The molecule has 3 amide bonds. The van der Waals surface area contributed by atoms with Crippen LogP contribution in [0.15, 0.2) is 94.1 Å². The summed E-state index contributed by atoms with van der Waals surface area (Å²) in [7, 11) is 0. The molecule has 1 N–H and O–H groups in total. The molecule has 0 radical (unpaired) electrons. The number of aryl methyl sites for hydroxylation is 3. The standard InChI is InChI=1S/C30H34N4O5.C11H10/c1-19-15-23-25(35)17-27(39-26(23)16-20(19)2)29(37)31-21(3)30(38)33-13-11-32(12-14-33)24-8-5-4-7-22(24)18-34-10-6-9-28(34)36;1-9-6-7-10-4-2-3-5-11(10)8-9/h4-5,7-8,15-17,21H,6,9-14,18H2,1-3H3,(H,31,37);2-8H,1H3. The minimum Gasteiger partial charge on any atom is -0.451 e. The fourth-order valence-corrected chi connectivity index (χ4v) is 6.63. The van der Waals surface area contributed by atoms with Crippen molar-refractivity contribution in [3.8, 4) is 0 Å². The maximum atomic E-state index is 13.2. The zero-order chi connectivity index (χ0) is 35.4. The van der Waals surface area contributed by atoms with Crippen molar-refractivity contribution >= 4 is 45.2 Å². The van der Waals surface area contributed by atoms with Crippen LogP contribution in [0.5, 0.6) is 0 Å². The smallest absolute Gasteiger partial charge is 0.287 e. The van der Waals surface area contributed by atoms with Gasteiger partial charge in [0.25, 0.3) is 5.91 Å². The van der Waals surface area contributed by atoms with E-state index in [1.165, 1.54) is 22.4 Å². The van der Waals surface area contributed by atoms with Crippen LogP contribution in [0, 0.1) is 20.8 Å². The van der Waals surface area contributed by atoms with Gasteiger partial charge in [0, 0.05) is 57.4 Å². The second-order valence-electron chi connectivity index (χ2n) is 13.3. The van der Waals surface area contributed by atoms with Crippen molar-refractivity contribution in [2.24, 2.45) is 0 Å². The van der Waals surface area contributed by atoms with Crippen molar-refractivity contribution in [1.29, 1.82) is 0 Å². The molecule has 2 fully saturated rings. The predicted octanol–water partition coefficient (Wildman–Crippen LogP) is 6.15. The van der Waals surface area contributed by atoms with Crippen LogP contribution in [-0.2, 0) is 16.1 Å². The minimum absolute atomic E-state index is 0.117. The van der Waals surface area contributed by atoms with Crippen molar-refractivity contribution in [2.45, 2.75) is 53.1 Å². The molecule has 2 aliphatic rings. The number of amides is 3. The van der Waals surface area contributed by atoms with Gasteiger partial charge in [-0.25, -0.2) is 0 Å². The molecule has 1 aromatic heterocycles. The number of benzene rings is 4.